The summed E-state index contributed by atoms with van der Waals surface area (Å²) in [7, 11) is 1.63. The number of ether oxygens (including phenoxy) is 2. The Bertz CT molecular complexity index is 487. The fraction of sp³-hybridized carbons (Fsp3) is 0.438. The molecular weight excluding hydrogens is 256 g/mol. The molecule has 0 aliphatic heterocycles. The minimum absolute atomic E-state index is 0.272. The van der Waals surface area contributed by atoms with E-state index in [1.54, 1.807) is 13.2 Å². The molecule has 4 nitrogen and oxygen atoms in total. The van der Waals surface area contributed by atoms with Gasteiger partial charge >= 0.3 is 5.97 Å². The first kappa shape index (κ1) is 14.4. The summed E-state index contributed by atoms with van der Waals surface area (Å²) in [5.74, 6) is 0.546. The average molecular weight is 276 g/mol. The monoisotopic (exact) mass is 276 g/mol. The molecular formula is C16H20O4. The molecule has 1 aromatic rings. The van der Waals surface area contributed by atoms with Crippen LogP contribution in [-0.4, -0.2) is 24.3 Å². The van der Waals surface area contributed by atoms with Gasteiger partial charge in [0.05, 0.1) is 13.2 Å². The van der Waals surface area contributed by atoms with E-state index in [2.05, 4.69) is 0 Å². The quantitative estimate of drug-likeness (QED) is 0.811. The van der Waals surface area contributed by atoms with Gasteiger partial charge in [0.25, 0.3) is 0 Å². The summed E-state index contributed by atoms with van der Waals surface area (Å²) in [6.45, 7) is 0. The molecule has 1 N–H and O–H groups in total. The molecule has 0 atom stereocenters. The van der Waals surface area contributed by atoms with Gasteiger partial charge in [-0.05, 0) is 49.8 Å². The number of carboxylic acid groups (broad SMARTS) is 1. The van der Waals surface area contributed by atoms with E-state index in [-0.39, 0.29) is 6.10 Å². The molecule has 1 aliphatic rings. The maximum atomic E-state index is 10.5. The van der Waals surface area contributed by atoms with Crippen molar-refractivity contribution in [2.24, 2.45) is 0 Å². The van der Waals surface area contributed by atoms with Gasteiger partial charge in [-0.3, -0.25) is 0 Å². The number of benzene rings is 1. The Balaban J connectivity index is 2.08. The number of allylic oxidation sites excluding steroid dienone is 1. The van der Waals surface area contributed by atoms with Crippen molar-refractivity contribution in [3.63, 3.8) is 0 Å². The largest absolute Gasteiger partial charge is 0.493 e. The molecule has 20 heavy (non-hydrogen) atoms. The van der Waals surface area contributed by atoms with Crippen molar-refractivity contribution in [3.05, 3.63) is 35.9 Å². The minimum atomic E-state index is -0.930. The van der Waals surface area contributed by atoms with Crippen molar-refractivity contribution >= 4 is 5.97 Å². The molecule has 0 amide bonds. The maximum Gasteiger partial charge on any atom is 0.327 e. The molecule has 2 rings (SSSR count). The summed E-state index contributed by atoms with van der Waals surface area (Å²) >= 11 is 0. The lowest BCUT2D eigenvalue weighted by Crippen LogP contribution is -2.11. The highest BCUT2D eigenvalue weighted by Gasteiger charge is 2.18. The Labute approximate surface area is 119 Å². The molecule has 1 aromatic carbocycles. The Morgan fingerprint density at radius 3 is 2.75 bits per heavy atom. The maximum absolute atomic E-state index is 10.5. The summed E-state index contributed by atoms with van der Waals surface area (Å²) in [6, 6.07) is 5.73. The van der Waals surface area contributed by atoms with Crippen LogP contribution in [0.3, 0.4) is 0 Å². The van der Waals surface area contributed by atoms with Gasteiger partial charge in [0.1, 0.15) is 0 Å². The zero-order valence-corrected chi connectivity index (χ0v) is 11.7. The smallest absolute Gasteiger partial charge is 0.327 e. The first-order valence-electron chi connectivity index (χ1n) is 6.92. The predicted octanol–water partition coefficient (Wildman–Crippen LogP) is 3.20. The van der Waals surface area contributed by atoms with Crippen molar-refractivity contribution < 1.29 is 19.4 Å². The van der Waals surface area contributed by atoms with Crippen molar-refractivity contribution in [1.29, 1.82) is 0 Å². The van der Waals surface area contributed by atoms with E-state index in [1.807, 2.05) is 18.2 Å². The second-order valence-electron chi connectivity index (χ2n) is 4.95. The number of aliphatic carboxylic acids is 1. The lowest BCUT2D eigenvalue weighted by molar-refractivity contribution is -0.131. The topological polar surface area (TPSA) is 55.8 Å². The van der Waals surface area contributed by atoms with Crippen LogP contribution in [0.1, 0.15) is 31.2 Å². The van der Waals surface area contributed by atoms with E-state index in [4.69, 9.17) is 14.6 Å². The lowest BCUT2D eigenvalue weighted by Gasteiger charge is -2.16. The summed E-state index contributed by atoms with van der Waals surface area (Å²) in [4.78, 5) is 10.5. The van der Waals surface area contributed by atoms with Gasteiger partial charge in [-0.2, -0.15) is 0 Å². The Morgan fingerprint density at radius 2 is 2.10 bits per heavy atom. The highest BCUT2D eigenvalue weighted by atomic mass is 16.5. The molecule has 0 saturated heterocycles. The molecule has 108 valence electrons. The van der Waals surface area contributed by atoms with Gasteiger partial charge < -0.3 is 14.6 Å². The van der Waals surface area contributed by atoms with Crippen molar-refractivity contribution in [1.82, 2.24) is 0 Å². The van der Waals surface area contributed by atoms with Gasteiger partial charge in [0.2, 0.25) is 0 Å². The third kappa shape index (κ3) is 4.02. The van der Waals surface area contributed by atoms with E-state index in [0.717, 1.165) is 36.0 Å². The molecule has 1 fully saturated rings. The number of carbonyl (C=O) groups is 1. The fourth-order valence-electron chi connectivity index (χ4n) is 2.42. The van der Waals surface area contributed by atoms with Gasteiger partial charge in [-0.1, -0.05) is 12.1 Å². The molecule has 0 radical (unpaired) electrons. The van der Waals surface area contributed by atoms with E-state index in [1.165, 1.54) is 12.8 Å². The molecule has 4 heteroatoms. The van der Waals surface area contributed by atoms with Crippen LogP contribution in [0.4, 0.5) is 0 Å². The van der Waals surface area contributed by atoms with Crippen LogP contribution in [0.25, 0.3) is 0 Å². The Hall–Kier alpha value is -1.97. The van der Waals surface area contributed by atoms with Crippen LogP contribution in [0.5, 0.6) is 11.5 Å². The standard InChI is InChI=1S/C16H20O4/c1-19-14-10-9-12(5-4-8-16(17)18)11-15(14)20-13-6-2-3-7-13/h4,8-11,13H,2-3,5-7H2,1H3,(H,17,18). The van der Waals surface area contributed by atoms with E-state index < -0.39 is 5.97 Å². The average Bonchev–Trinajstić information content (AvgIpc) is 2.91. The molecule has 0 bridgehead atoms. The summed E-state index contributed by atoms with van der Waals surface area (Å²) in [5, 5.41) is 8.59. The van der Waals surface area contributed by atoms with Crippen molar-refractivity contribution in [2.45, 2.75) is 38.2 Å². The van der Waals surface area contributed by atoms with Gasteiger partial charge in [0, 0.05) is 6.08 Å². The second-order valence-corrected chi connectivity index (χ2v) is 4.95. The Kier molecular flexibility index (Phi) is 5.04. The van der Waals surface area contributed by atoms with Crippen LogP contribution < -0.4 is 9.47 Å². The van der Waals surface area contributed by atoms with Gasteiger partial charge in [-0.25, -0.2) is 4.79 Å². The number of rotatable bonds is 6. The van der Waals surface area contributed by atoms with Crippen LogP contribution in [0.2, 0.25) is 0 Å². The highest BCUT2D eigenvalue weighted by Crippen LogP contribution is 2.32. The minimum Gasteiger partial charge on any atom is -0.493 e. The van der Waals surface area contributed by atoms with E-state index in [9.17, 15) is 4.79 Å². The number of hydrogen-bond donors (Lipinski definition) is 1. The predicted molar refractivity (Wildman–Crippen MR) is 76.4 cm³/mol. The SMILES string of the molecule is COc1ccc(CC=CC(=O)O)cc1OC1CCCC1. The van der Waals surface area contributed by atoms with Crippen molar-refractivity contribution in [2.75, 3.05) is 7.11 Å². The number of carboxylic acids is 1. The first-order chi connectivity index (χ1) is 9.69. The van der Waals surface area contributed by atoms with E-state index >= 15 is 0 Å². The molecule has 0 spiro atoms. The highest BCUT2D eigenvalue weighted by molar-refractivity contribution is 5.79. The van der Waals surface area contributed by atoms with Gasteiger partial charge in [0.15, 0.2) is 11.5 Å². The molecule has 0 heterocycles. The third-order valence-corrected chi connectivity index (χ3v) is 3.44. The second kappa shape index (κ2) is 6.98. The van der Waals surface area contributed by atoms with Gasteiger partial charge in [-0.15, -0.1) is 0 Å². The molecule has 1 aliphatic carbocycles. The zero-order valence-electron chi connectivity index (χ0n) is 11.7. The number of hydrogen-bond acceptors (Lipinski definition) is 3. The summed E-state index contributed by atoms with van der Waals surface area (Å²) in [6.07, 6.45) is 8.23. The fourth-order valence-corrected chi connectivity index (χ4v) is 2.42. The van der Waals surface area contributed by atoms with Crippen LogP contribution in [-0.2, 0) is 11.2 Å². The normalized spacial score (nSPS) is 15.7. The Morgan fingerprint density at radius 1 is 1.35 bits per heavy atom. The molecule has 0 aromatic heterocycles. The lowest BCUT2D eigenvalue weighted by atomic mass is 10.1. The van der Waals surface area contributed by atoms with Crippen LogP contribution in [0.15, 0.2) is 30.4 Å². The summed E-state index contributed by atoms with van der Waals surface area (Å²) in [5.41, 5.74) is 1.01. The third-order valence-electron chi connectivity index (χ3n) is 3.44. The first-order valence-corrected chi connectivity index (χ1v) is 6.92. The summed E-state index contributed by atoms with van der Waals surface area (Å²) < 4.78 is 11.3. The zero-order chi connectivity index (χ0) is 14.4. The molecule has 0 unspecified atom stereocenters. The van der Waals surface area contributed by atoms with Crippen LogP contribution >= 0.6 is 0 Å². The molecule has 1 saturated carbocycles. The van der Waals surface area contributed by atoms with E-state index in [0.29, 0.717) is 6.42 Å². The number of methoxy groups -OCH3 is 1. The van der Waals surface area contributed by atoms with Crippen LogP contribution in [0, 0.1) is 0 Å². The van der Waals surface area contributed by atoms with Crippen molar-refractivity contribution in [3.8, 4) is 11.5 Å².